The lowest BCUT2D eigenvalue weighted by molar-refractivity contribution is -0.384. The third-order valence-electron chi connectivity index (χ3n) is 7.01. The number of hydrogen-bond acceptors (Lipinski definition) is 6. The van der Waals surface area contributed by atoms with Gasteiger partial charge in [0, 0.05) is 18.6 Å². The molecule has 1 aromatic rings. The molecule has 2 fully saturated rings. The molecule has 0 bridgehead atoms. The quantitative estimate of drug-likeness (QED) is 0.331. The second kappa shape index (κ2) is 7.96. The van der Waals surface area contributed by atoms with Gasteiger partial charge in [0.15, 0.2) is 6.29 Å². The van der Waals surface area contributed by atoms with Crippen molar-refractivity contribution in [3.05, 3.63) is 64.8 Å². The van der Waals surface area contributed by atoms with Crippen LogP contribution in [0.15, 0.2) is 49.1 Å². The van der Waals surface area contributed by atoms with Crippen LogP contribution in [0, 0.1) is 27.4 Å². The topological polar surface area (TPSA) is 98.9 Å². The van der Waals surface area contributed by atoms with Gasteiger partial charge in [-0.3, -0.25) is 10.1 Å². The average Bonchev–Trinajstić information content (AvgIpc) is 2.99. The molecule has 7 nitrogen and oxygen atoms in total. The Kier molecular flexibility index (Phi) is 5.89. The standard InChI is InChI=1S/C23H29NO6/c1-6-22(5)19(29-21(26)16-7-9-18(10-8-16)24(27)28)12-17(14(2)3)13-23(22)15(4)11-20(25)30-23/h6-10,15,17,19-20,25H,1-2,11-13H2,3-5H3/t15-,17-,19+,20?,22+,23+/m1/s1. The first-order valence-electron chi connectivity index (χ1n) is 10.1. The molecule has 2 aliphatic rings. The van der Waals surface area contributed by atoms with Gasteiger partial charge in [0.2, 0.25) is 0 Å². The fraction of sp³-hybridized carbons (Fsp3) is 0.522. The minimum atomic E-state index is -0.880. The van der Waals surface area contributed by atoms with E-state index in [4.69, 9.17) is 9.47 Å². The van der Waals surface area contributed by atoms with E-state index in [0.717, 1.165) is 5.57 Å². The lowest BCUT2D eigenvalue weighted by Crippen LogP contribution is -2.61. The van der Waals surface area contributed by atoms with Gasteiger partial charge < -0.3 is 14.6 Å². The molecule has 30 heavy (non-hydrogen) atoms. The van der Waals surface area contributed by atoms with E-state index in [1.807, 2.05) is 20.8 Å². The minimum Gasteiger partial charge on any atom is -0.458 e. The first-order chi connectivity index (χ1) is 14.0. The number of benzene rings is 1. The first-order valence-corrected chi connectivity index (χ1v) is 10.1. The molecule has 1 saturated heterocycles. The Morgan fingerprint density at radius 2 is 2.00 bits per heavy atom. The van der Waals surface area contributed by atoms with Crippen LogP contribution in [0.1, 0.15) is 50.4 Å². The van der Waals surface area contributed by atoms with Gasteiger partial charge in [-0.2, -0.15) is 0 Å². The normalized spacial score (nSPS) is 35.7. The van der Waals surface area contributed by atoms with Crippen molar-refractivity contribution in [2.45, 2.75) is 58.0 Å². The lowest BCUT2D eigenvalue weighted by Gasteiger charge is -2.55. The molecule has 0 aromatic heterocycles. The Balaban J connectivity index is 1.94. The maximum Gasteiger partial charge on any atom is 0.338 e. The van der Waals surface area contributed by atoms with Gasteiger partial charge in [0.05, 0.1) is 21.5 Å². The molecule has 6 atom stereocenters. The molecule has 1 unspecified atom stereocenters. The molecule has 1 saturated carbocycles. The summed E-state index contributed by atoms with van der Waals surface area (Å²) < 4.78 is 12.1. The van der Waals surface area contributed by atoms with E-state index in [2.05, 4.69) is 13.2 Å². The van der Waals surface area contributed by atoms with Crippen molar-refractivity contribution in [1.82, 2.24) is 0 Å². The number of esters is 1. The smallest absolute Gasteiger partial charge is 0.338 e. The highest BCUT2D eigenvalue weighted by Crippen LogP contribution is 2.59. The van der Waals surface area contributed by atoms with Crippen LogP contribution >= 0.6 is 0 Å². The van der Waals surface area contributed by atoms with Crippen LogP contribution in [-0.4, -0.2) is 34.0 Å². The van der Waals surface area contributed by atoms with Crippen molar-refractivity contribution in [1.29, 1.82) is 0 Å². The number of nitro groups is 1. The van der Waals surface area contributed by atoms with Crippen LogP contribution in [0.25, 0.3) is 0 Å². The van der Waals surface area contributed by atoms with E-state index < -0.39 is 34.3 Å². The zero-order valence-corrected chi connectivity index (χ0v) is 17.7. The molecule has 162 valence electrons. The molecule has 1 aromatic carbocycles. The number of nitrogens with zero attached hydrogens (tertiary/aromatic N) is 1. The first kappa shape index (κ1) is 22.2. The molecule has 1 aliphatic carbocycles. The molecule has 0 amide bonds. The summed E-state index contributed by atoms with van der Waals surface area (Å²) in [5.74, 6) is -0.481. The molecule has 1 aliphatic heterocycles. The largest absolute Gasteiger partial charge is 0.458 e. The fourth-order valence-corrected chi connectivity index (χ4v) is 5.02. The van der Waals surface area contributed by atoms with Crippen molar-refractivity contribution in [2.75, 3.05) is 0 Å². The van der Waals surface area contributed by atoms with E-state index in [-0.39, 0.29) is 23.1 Å². The summed E-state index contributed by atoms with van der Waals surface area (Å²) in [5, 5.41) is 21.1. The number of hydrogen-bond donors (Lipinski definition) is 1. The van der Waals surface area contributed by atoms with Crippen molar-refractivity contribution in [2.24, 2.45) is 17.3 Å². The zero-order valence-electron chi connectivity index (χ0n) is 17.7. The summed E-state index contributed by atoms with van der Waals surface area (Å²) in [7, 11) is 0. The summed E-state index contributed by atoms with van der Waals surface area (Å²) in [4.78, 5) is 23.2. The molecular weight excluding hydrogens is 386 g/mol. The zero-order chi connectivity index (χ0) is 22.3. The van der Waals surface area contributed by atoms with E-state index in [1.165, 1.54) is 24.3 Å². The second-order valence-electron chi connectivity index (χ2n) is 8.77. The monoisotopic (exact) mass is 415 g/mol. The van der Waals surface area contributed by atoms with Crippen molar-refractivity contribution in [3.8, 4) is 0 Å². The fourth-order valence-electron chi connectivity index (χ4n) is 5.02. The number of aliphatic hydroxyl groups is 1. The summed E-state index contributed by atoms with van der Waals surface area (Å²) >= 11 is 0. The highest BCUT2D eigenvalue weighted by molar-refractivity contribution is 5.89. The molecule has 3 rings (SSSR count). The highest BCUT2D eigenvalue weighted by atomic mass is 16.6. The van der Waals surface area contributed by atoms with E-state index in [1.54, 1.807) is 6.08 Å². The van der Waals surface area contributed by atoms with Gasteiger partial charge in [-0.15, -0.1) is 6.58 Å². The number of carbonyl (C=O) groups is 1. The number of rotatable bonds is 5. The predicted octanol–water partition coefficient (Wildman–Crippen LogP) is 4.41. The summed E-state index contributed by atoms with van der Waals surface area (Å²) in [6.07, 6.45) is 2.05. The Hall–Kier alpha value is -2.51. The molecule has 1 spiro atoms. The van der Waals surface area contributed by atoms with Gasteiger partial charge in [-0.25, -0.2) is 4.79 Å². The number of non-ortho nitro benzene ring substituents is 1. The minimum absolute atomic E-state index is 0.0261. The Bertz CT molecular complexity index is 865. The van der Waals surface area contributed by atoms with Crippen LogP contribution in [-0.2, 0) is 9.47 Å². The van der Waals surface area contributed by atoms with E-state index in [9.17, 15) is 20.0 Å². The van der Waals surface area contributed by atoms with E-state index >= 15 is 0 Å². The van der Waals surface area contributed by atoms with Crippen LogP contribution in [0.3, 0.4) is 0 Å². The summed E-state index contributed by atoms with van der Waals surface area (Å²) in [6, 6.07) is 5.33. The maximum atomic E-state index is 12.9. The van der Waals surface area contributed by atoms with Crippen molar-refractivity contribution >= 4 is 11.7 Å². The third-order valence-corrected chi connectivity index (χ3v) is 7.01. The number of allylic oxidation sites excluding steroid dienone is 1. The van der Waals surface area contributed by atoms with Crippen LogP contribution < -0.4 is 0 Å². The Morgan fingerprint density at radius 3 is 2.47 bits per heavy atom. The third kappa shape index (κ3) is 3.56. The van der Waals surface area contributed by atoms with Gasteiger partial charge in [0.1, 0.15) is 6.10 Å². The van der Waals surface area contributed by atoms with Gasteiger partial charge in [-0.05, 0) is 50.7 Å². The number of nitro benzene ring substituents is 1. The van der Waals surface area contributed by atoms with Gasteiger partial charge >= 0.3 is 5.97 Å². The van der Waals surface area contributed by atoms with E-state index in [0.29, 0.717) is 19.3 Å². The van der Waals surface area contributed by atoms with Gasteiger partial charge in [0.25, 0.3) is 5.69 Å². The molecule has 0 radical (unpaired) electrons. The maximum absolute atomic E-state index is 12.9. The SMILES string of the molecule is C=C[C@@]1(C)[C@@H](OC(=O)c2ccc([N+](=O)[O-])cc2)C[C@@H](C(=C)C)C[C@@]12OC(O)C[C@H]2C. The van der Waals surface area contributed by atoms with Crippen LogP contribution in [0.5, 0.6) is 0 Å². The number of aliphatic hydroxyl groups excluding tert-OH is 1. The average molecular weight is 415 g/mol. The molecule has 7 heteroatoms. The number of carbonyl (C=O) groups excluding carboxylic acids is 1. The van der Waals surface area contributed by atoms with Crippen LogP contribution in [0.4, 0.5) is 5.69 Å². The Morgan fingerprint density at radius 1 is 1.37 bits per heavy atom. The number of ether oxygens (including phenoxy) is 2. The van der Waals surface area contributed by atoms with Crippen molar-refractivity contribution < 1.29 is 24.3 Å². The van der Waals surface area contributed by atoms with Crippen LogP contribution in [0.2, 0.25) is 0 Å². The second-order valence-corrected chi connectivity index (χ2v) is 8.77. The summed E-state index contributed by atoms with van der Waals surface area (Å²) in [6.45, 7) is 14.1. The molecule has 1 N–H and O–H groups in total. The molecular formula is C23H29NO6. The van der Waals surface area contributed by atoms with Crippen molar-refractivity contribution in [3.63, 3.8) is 0 Å². The Labute approximate surface area is 176 Å². The lowest BCUT2D eigenvalue weighted by atomic mass is 9.55. The highest BCUT2D eigenvalue weighted by Gasteiger charge is 2.63. The molecule has 1 heterocycles. The van der Waals surface area contributed by atoms with Gasteiger partial charge in [-0.1, -0.05) is 25.2 Å². The summed E-state index contributed by atoms with van der Waals surface area (Å²) in [5.41, 5.74) is -0.362. The predicted molar refractivity (Wildman–Crippen MR) is 112 cm³/mol.